The Morgan fingerprint density at radius 1 is 0.739 bits per heavy atom. The fourth-order valence-corrected chi connectivity index (χ4v) is 2.14. The van der Waals surface area contributed by atoms with E-state index in [1.165, 1.54) is 21.5 Å². The van der Waals surface area contributed by atoms with Gasteiger partial charge in [0.15, 0.2) is 0 Å². The van der Waals surface area contributed by atoms with E-state index >= 15 is 0 Å². The number of hydrogen-bond acceptors (Lipinski definition) is 0. The number of halogens is 2. The third-order valence-electron chi connectivity index (χ3n) is 3.31. The Balaban J connectivity index is 0.000000132. The minimum Gasteiger partial charge on any atom is -0.168 e. The summed E-state index contributed by atoms with van der Waals surface area (Å²) in [5, 5.41) is 5.32. The van der Waals surface area contributed by atoms with Gasteiger partial charge < -0.3 is 0 Å². The van der Waals surface area contributed by atoms with Crippen LogP contribution in [0.2, 0.25) is 0 Å². The van der Waals surface area contributed by atoms with Crippen molar-refractivity contribution in [1.29, 1.82) is 0 Å². The van der Waals surface area contributed by atoms with Gasteiger partial charge in [-0.25, -0.2) is 0 Å². The summed E-state index contributed by atoms with van der Waals surface area (Å²) in [6.45, 7) is 2.05. The Morgan fingerprint density at radius 2 is 1.13 bits per heavy atom. The Kier molecular flexibility index (Phi) is 8.18. The van der Waals surface area contributed by atoms with Crippen LogP contribution in [-0.2, 0) is 13.2 Å². The Hall–Kier alpha value is -0.796. The molecule has 0 saturated heterocycles. The molecule has 0 aliphatic rings. The second kappa shape index (κ2) is 10.1. The van der Waals surface area contributed by atoms with E-state index in [-0.39, 0.29) is 0 Å². The summed E-state index contributed by atoms with van der Waals surface area (Å²) < 4.78 is 2.17. The molecule has 0 heterocycles. The fraction of sp³-hybridized carbons (Fsp3) is 0.0500. The summed E-state index contributed by atoms with van der Waals surface area (Å²) >= 11 is 5.95. The van der Waals surface area contributed by atoms with Crippen LogP contribution in [0, 0.1) is 0 Å². The van der Waals surface area contributed by atoms with E-state index < -0.39 is 13.2 Å². The van der Waals surface area contributed by atoms with Gasteiger partial charge in [0.05, 0.1) is 0 Å². The van der Waals surface area contributed by atoms with Crippen LogP contribution in [0.5, 0.6) is 0 Å². The van der Waals surface area contributed by atoms with E-state index in [1.54, 1.807) is 0 Å². The van der Waals surface area contributed by atoms with Crippen LogP contribution >= 0.6 is 26.3 Å². The molecule has 0 spiro atoms. The monoisotopic (exact) mass is 464 g/mol. The van der Waals surface area contributed by atoms with Gasteiger partial charge >= 0.3 is 50.8 Å². The van der Waals surface area contributed by atoms with Crippen molar-refractivity contribution in [2.45, 2.75) is 6.92 Å². The van der Waals surface area contributed by atoms with Gasteiger partial charge in [-0.15, -0.1) is 59.3 Å². The normalized spacial score (nSPS) is 9.52. The van der Waals surface area contributed by atoms with E-state index in [0.717, 1.165) is 0 Å². The smallest absolute Gasteiger partial charge is 0.0809 e. The average Bonchev–Trinajstić information content (AvgIpc) is 3.24. The van der Waals surface area contributed by atoms with Crippen LogP contribution in [0.25, 0.3) is 21.5 Å². The Bertz CT molecular complexity index is 741. The molecule has 0 nitrogen and oxygen atoms in total. The van der Waals surface area contributed by atoms with Crippen molar-refractivity contribution in [3.63, 3.8) is 0 Å². The quantitative estimate of drug-likeness (QED) is 0.191. The zero-order valence-corrected chi connectivity index (χ0v) is 17.6. The summed E-state index contributed by atoms with van der Waals surface area (Å²) in [5.74, 6) is 0. The molecule has 4 rings (SSSR count). The number of rotatable bonds is 0. The minimum atomic E-state index is -0.856. The molecule has 0 N–H and O–H groups in total. The van der Waals surface area contributed by atoms with E-state index in [4.69, 9.17) is 0 Å². The largest absolute Gasteiger partial charge is 0.168 e. The van der Waals surface area contributed by atoms with Crippen LogP contribution < -0.4 is 0 Å². The molecule has 0 unspecified atom stereocenters. The maximum Gasteiger partial charge on any atom is -0.0809 e. The molecule has 4 aromatic carbocycles. The molecular weight excluding hydrogens is 448 g/mol. The minimum absolute atomic E-state index is 0.856. The van der Waals surface area contributed by atoms with Crippen LogP contribution in [0.4, 0.5) is 0 Å². The predicted molar refractivity (Wildman–Crippen MR) is 109 cm³/mol. The summed E-state index contributed by atoms with van der Waals surface area (Å²) in [6.07, 6.45) is 0. The van der Waals surface area contributed by atoms with Gasteiger partial charge in [-0.1, -0.05) is 12.1 Å². The molecule has 3 heteroatoms. The standard InChI is InChI=1S/2C9H7.C2H4.2BrH.Ti/c2*1-2-5-9-7-3-6-8(9)4-1;1-2;;;/h2*1-7H;1H,2H3;2*1H;/q2*-1;;;;+2/p-2. The van der Waals surface area contributed by atoms with E-state index in [9.17, 15) is 0 Å². The molecule has 0 saturated carbocycles. The molecule has 0 atom stereocenters. The summed E-state index contributed by atoms with van der Waals surface area (Å²) in [4.78, 5) is 0. The first-order chi connectivity index (χ1) is 11.2. The molecule has 0 aliphatic heterocycles. The SMILES string of the molecule is C[CH]=[Ti]([Br])[Br].c1ccc2[cH-]ccc2c1.c1ccc2[cH-]ccc2c1. The molecule has 0 aromatic heterocycles. The maximum atomic E-state index is 3.40. The zero-order chi connectivity index (χ0) is 16.5. The summed E-state index contributed by atoms with van der Waals surface area (Å²) in [5.41, 5.74) is 0. The van der Waals surface area contributed by atoms with E-state index in [2.05, 4.69) is 122 Å². The first-order valence-electron chi connectivity index (χ1n) is 7.39. The second-order valence-electron chi connectivity index (χ2n) is 4.89. The molecule has 118 valence electrons. The molecular formula is C20H18Br2Ti-2. The van der Waals surface area contributed by atoms with Crippen molar-refractivity contribution < 1.29 is 13.2 Å². The van der Waals surface area contributed by atoms with Gasteiger partial charge in [0.25, 0.3) is 0 Å². The van der Waals surface area contributed by atoms with Crippen molar-refractivity contribution in [2.24, 2.45) is 0 Å². The van der Waals surface area contributed by atoms with Crippen molar-refractivity contribution in [3.05, 3.63) is 84.9 Å². The van der Waals surface area contributed by atoms with Crippen molar-refractivity contribution in [3.8, 4) is 0 Å². The molecule has 4 aromatic rings. The van der Waals surface area contributed by atoms with Gasteiger partial charge in [0.2, 0.25) is 0 Å². The van der Waals surface area contributed by atoms with Crippen LogP contribution in [-0.4, -0.2) is 4.31 Å². The predicted octanol–water partition coefficient (Wildman–Crippen LogP) is 7.16. The third-order valence-corrected chi connectivity index (χ3v) is 7.77. The van der Waals surface area contributed by atoms with Crippen LogP contribution in [0.15, 0.2) is 84.9 Å². The Morgan fingerprint density at radius 3 is 1.48 bits per heavy atom. The fourth-order valence-electron chi connectivity index (χ4n) is 2.14. The zero-order valence-electron chi connectivity index (χ0n) is 12.9. The van der Waals surface area contributed by atoms with E-state index in [1.807, 2.05) is 0 Å². The first kappa shape index (κ1) is 18.5. The second-order valence-corrected chi connectivity index (χ2v) is 18.1. The third kappa shape index (κ3) is 6.31. The van der Waals surface area contributed by atoms with Gasteiger partial charge in [-0.3, -0.25) is 0 Å². The summed E-state index contributed by atoms with van der Waals surface area (Å²) in [7, 11) is 0. The average molecular weight is 466 g/mol. The van der Waals surface area contributed by atoms with Crippen molar-refractivity contribution >= 4 is 52.2 Å². The topological polar surface area (TPSA) is 0 Å². The van der Waals surface area contributed by atoms with Crippen molar-refractivity contribution in [2.75, 3.05) is 0 Å². The molecule has 23 heavy (non-hydrogen) atoms. The van der Waals surface area contributed by atoms with Crippen molar-refractivity contribution in [1.82, 2.24) is 0 Å². The number of benzene rings is 2. The van der Waals surface area contributed by atoms with Gasteiger partial charge in [0.1, 0.15) is 0 Å². The molecule has 0 bridgehead atoms. The maximum absolute atomic E-state index is 3.40. The molecule has 0 aliphatic carbocycles. The number of fused-ring (bicyclic) bond motifs is 2. The van der Waals surface area contributed by atoms with Gasteiger partial charge in [0, 0.05) is 0 Å². The molecule has 0 amide bonds. The van der Waals surface area contributed by atoms with Crippen LogP contribution in [0.3, 0.4) is 0 Å². The van der Waals surface area contributed by atoms with E-state index in [0.29, 0.717) is 0 Å². The Labute approximate surface area is 156 Å². The summed E-state index contributed by atoms with van der Waals surface area (Å²) in [6, 6.07) is 29.3. The van der Waals surface area contributed by atoms with Gasteiger partial charge in [-0.05, 0) is 0 Å². The van der Waals surface area contributed by atoms with Crippen LogP contribution in [0.1, 0.15) is 6.92 Å². The van der Waals surface area contributed by atoms with Gasteiger partial charge in [-0.2, -0.15) is 35.0 Å². The molecule has 0 radical (unpaired) electrons. The first-order valence-corrected chi connectivity index (χ1v) is 16.0. The molecule has 0 fully saturated rings. The number of hydrogen-bond donors (Lipinski definition) is 0.